The van der Waals surface area contributed by atoms with Crippen LogP contribution >= 0.6 is 0 Å². The van der Waals surface area contributed by atoms with Gasteiger partial charge in [-0.15, -0.1) is 0 Å². The number of carbonyl (C=O) groups is 1. The predicted molar refractivity (Wildman–Crippen MR) is 113 cm³/mol. The van der Waals surface area contributed by atoms with Crippen LogP contribution in [0.5, 0.6) is 5.75 Å². The molecule has 0 N–H and O–H groups in total. The van der Waals surface area contributed by atoms with Gasteiger partial charge in [-0.1, -0.05) is 56.3 Å². The molecule has 0 saturated heterocycles. The highest BCUT2D eigenvalue weighted by Gasteiger charge is 2.10. The van der Waals surface area contributed by atoms with Crippen LogP contribution < -0.4 is 4.74 Å². The highest BCUT2D eigenvalue weighted by atomic mass is 16.5. The Morgan fingerprint density at radius 1 is 1.00 bits per heavy atom. The van der Waals surface area contributed by atoms with E-state index in [1.807, 2.05) is 61.2 Å². The van der Waals surface area contributed by atoms with Crippen molar-refractivity contribution in [1.29, 1.82) is 0 Å². The number of rotatable bonds is 9. The van der Waals surface area contributed by atoms with Gasteiger partial charge in [0.05, 0.1) is 0 Å². The summed E-state index contributed by atoms with van der Waals surface area (Å²) in [6.45, 7) is 9.84. The molecular formula is C24H31NO2. The Bertz CT molecular complexity index is 729. The largest absolute Gasteiger partial charge is 0.486 e. The highest BCUT2D eigenvalue weighted by molar-refractivity contribution is 5.94. The van der Waals surface area contributed by atoms with Crippen molar-refractivity contribution in [3.05, 3.63) is 71.8 Å². The fourth-order valence-electron chi connectivity index (χ4n) is 3.02. The summed E-state index contributed by atoms with van der Waals surface area (Å²) < 4.78 is 6.02. The van der Waals surface area contributed by atoms with E-state index in [1.54, 1.807) is 6.08 Å². The summed E-state index contributed by atoms with van der Waals surface area (Å²) in [5, 5.41) is 0. The van der Waals surface area contributed by atoms with E-state index in [0.29, 0.717) is 0 Å². The summed E-state index contributed by atoms with van der Waals surface area (Å²) in [5.74, 6) is 0.919. The average molecular weight is 366 g/mol. The smallest absolute Gasteiger partial charge is 0.246 e. The maximum atomic E-state index is 12.5. The van der Waals surface area contributed by atoms with E-state index in [4.69, 9.17) is 4.74 Å². The second-order valence-corrected chi connectivity index (χ2v) is 6.85. The van der Waals surface area contributed by atoms with Crippen molar-refractivity contribution in [3.8, 4) is 5.75 Å². The molecule has 2 aromatic carbocycles. The normalized spacial score (nSPS) is 12.5. The van der Waals surface area contributed by atoms with Gasteiger partial charge in [-0.05, 0) is 55.5 Å². The van der Waals surface area contributed by atoms with Crippen LogP contribution in [-0.2, 0) is 4.79 Å². The minimum atomic E-state index is -0.00749. The second kappa shape index (κ2) is 10.6. The van der Waals surface area contributed by atoms with Crippen LogP contribution in [0, 0.1) is 0 Å². The fourth-order valence-corrected chi connectivity index (χ4v) is 3.02. The molecule has 2 rings (SSSR count). The number of amides is 1. The Kier molecular flexibility index (Phi) is 8.12. The SMILES string of the molecule is CCCN(CCC)C(=O)/C=C(\C)c1ccc(OC(C)c2ccccc2)cc1. The molecule has 0 aliphatic rings. The van der Waals surface area contributed by atoms with Crippen LogP contribution in [0.15, 0.2) is 60.7 Å². The number of carbonyl (C=O) groups excluding carboxylic acids is 1. The Balaban J connectivity index is 2.04. The third-order valence-corrected chi connectivity index (χ3v) is 4.53. The van der Waals surface area contributed by atoms with Crippen molar-refractivity contribution in [1.82, 2.24) is 4.90 Å². The molecule has 3 nitrogen and oxygen atoms in total. The van der Waals surface area contributed by atoms with Crippen molar-refractivity contribution >= 4 is 11.5 Å². The van der Waals surface area contributed by atoms with Gasteiger partial charge >= 0.3 is 0 Å². The molecule has 0 heterocycles. The first-order valence-corrected chi connectivity index (χ1v) is 9.84. The van der Waals surface area contributed by atoms with E-state index in [-0.39, 0.29) is 12.0 Å². The molecule has 1 atom stereocenters. The number of hydrogen-bond acceptors (Lipinski definition) is 2. The summed E-state index contributed by atoms with van der Waals surface area (Å²) in [5.41, 5.74) is 3.16. The van der Waals surface area contributed by atoms with Crippen molar-refractivity contribution in [2.45, 2.75) is 46.6 Å². The Hall–Kier alpha value is -2.55. The zero-order valence-corrected chi connectivity index (χ0v) is 16.9. The minimum absolute atomic E-state index is 0.00749. The lowest BCUT2D eigenvalue weighted by atomic mass is 10.1. The molecule has 1 amide bonds. The monoisotopic (exact) mass is 365 g/mol. The van der Waals surface area contributed by atoms with E-state index in [9.17, 15) is 4.79 Å². The lowest BCUT2D eigenvalue weighted by Gasteiger charge is -2.20. The van der Waals surface area contributed by atoms with Crippen LogP contribution in [0.2, 0.25) is 0 Å². The molecule has 0 bridgehead atoms. The first-order chi connectivity index (χ1) is 13.0. The van der Waals surface area contributed by atoms with Gasteiger partial charge in [0.2, 0.25) is 5.91 Å². The molecular weight excluding hydrogens is 334 g/mol. The summed E-state index contributed by atoms with van der Waals surface area (Å²) in [4.78, 5) is 14.4. The molecule has 0 aliphatic heterocycles. The Morgan fingerprint density at radius 2 is 1.59 bits per heavy atom. The van der Waals surface area contributed by atoms with Gasteiger partial charge in [-0.25, -0.2) is 0 Å². The van der Waals surface area contributed by atoms with Gasteiger partial charge < -0.3 is 9.64 Å². The van der Waals surface area contributed by atoms with E-state index in [0.717, 1.165) is 48.4 Å². The van der Waals surface area contributed by atoms with Gasteiger partial charge in [0.15, 0.2) is 0 Å². The molecule has 0 aliphatic carbocycles. The van der Waals surface area contributed by atoms with Crippen molar-refractivity contribution in [2.24, 2.45) is 0 Å². The zero-order valence-electron chi connectivity index (χ0n) is 16.9. The Labute approximate surface area is 163 Å². The molecule has 0 fully saturated rings. The van der Waals surface area contributed by atoms with Crippen LogP contribution in [0.4, 0.5) is 0 Å². The molecule has 1 unspecified atom stereocenters. The molecule has 0 aromatic heterocycles. The van der Waals surface area contributed by atoms with Gasteiger partial charge in [0.1, 0.15) is 11.9 Å². The molecule has 0 radical (unpaired) electrons. The van der Waals surface area contributed by atoms with Crippen LogP contribution in [0.25, 0.3) is 5.57 Å². The van der Waals surface area contributed by atoms with Crippen LogP contribution in [0.1, 0.15) is 57.8 Å². The van der Waals surface area contributed by atoms with Crippen LogP contribution in [0.3, 0.4) is 0 Å². The molecule has 0 spiro atoms. The maximum Gasteiger partial charge on any atom is 0.246 e. The third kappa shape index (κ3) is 6.28. The van der Waals surface area contributed by atoms with E-state index >= 15 is 0 Å². The quantitative estimate of drug-likeness (QED) is 0.519. The average Bonchev–Trinajstić information content (AvgIpc) is 2.69. The minimum Gasteiger partial charge on any atom is -0.486 e. The Morgan fingerprint density at radius 3 is 2.15 bits per heavy atom. The van der Waals surface area contributed by atoms with Gasteiger partial charge in [0.25, 0.3) is 0 Å². The number of ether oxygens (including phenoxy) is 1. The summed E-state index contributed by atoms with van der Waals surface area (Å²) in [6.07, 6.45) is 3.69. The lowest BCUT2D eigenvalue weighted by Crippen LogP contribution is -2.31. The summed E-state index contributed by atoms with van der Waals surface area (Å²) >= 11 is 0. The first-order valence-electron chi connectivity index (χ1n) is 9.84. The molecule has 27 heavy (non-hydrogen) atoms. The first kappa shape index (κ1) is 20.8. The molecule has 144 valence electrons. The summed E-state index contributed by atoms with van der Waals surface area (Å²) in [7, 11) is 0. The number of nitrogens with zero attached hydrogens (tertiary/aromatic N) is 1. The van der Waals surface area contributed by atoms with Crippen molar-refractivity contribution in [3.63, 3.8) is 0 Å². The van der Waals surface area contributed by atoms with Gasteiger partial charge in [-0.3, -0.25) is 4.79 Å². The number of benzene rings is 2. The standard InChI is InChI=1S/C24H31NO2/c1-5-16-25(17-6-2)24(26)18-19(3)21-12-14-23(15-13-21)27-20(4)22-10-8-7-9-11-22/h7-15,18,20H,5-6,16-17H2,1-4H3/b19-18+. The molecule has 2 aromatic rings. The second-order valence-electron chi connectivity index (χ2n) is 6.85. The molecule has 3 heteroatoms. The summed E-state index contributed by atoms with van der Waals surface area (Å²) in [6, 6.07) is 18.1. The maximum absolute atomic E-state index is 12.5. The van der Waals surface area contributed by atoms with E-state index < -0.39 is 0 Å². The van der Waals surface area contributed by atoms with Crippen molar-refractivity contribution in [2.75, 3.05) is 13.1 Å². The highest BCUT2D eigenvalue weighted by Crippen LogP contribution is 2.24. The third-order valence-electron chi connectivity index (χ3n) is 4.53. The van der Waals surface area contributed by atoms with Gasteiger partial charge in [-0.2, -0.15) is 0 Å². The van der Waals surface area contributed by atoms with Gasteiger partial charge in [0, 0.05) is 19.2 Å². The number of allylic oxidation sites excluding steroid dienone is 1. The fraction of sp³-hybridized carbons (Fsp3) is 0.375. The topological polar surface area (TPSA) is 29.5 Å². The molecule has 0 saturated carbocycles. The predicted octanol–water partition coefficient (Wildman–Crippen LogP) is 5.88. The van der Waals surface area contributed by atoms with Crippen LogP contribution in [-0.4, -0.2) is 23.9 Å². The number of hydrogen-bond donors (Lipinski definition) is 0. The van der Waals surface area contributed by atoms with E-state index in [2.05, 4.69) is 26.0 Å². The van der Waals surface area contributed by atoms with E-state index in [1.165, 1.54) is 0 Å². The van der Waals surface area contributed by atoms with Crippen molar-refractivity contribution < 1.29 is 9.53 Å². The zero-order chi connectivity index (χ0) is 19.6. The lowest BCUT2D eigenvalue weighted by molar-refractivity contribution is -0.126.